The number of rotatable bonds is 5. The van der Waals surface area contributed by atoms with Gasteiger partial charge in [0.2, 0.25) is 0 Å². The Balaban J connectivity index is 1.59. The summed E-state index contributed by atoms with van der Waals surface area (Å²) in [7, 11) is 1.58. The first-order chi connectivity index (χ1) is 13.7. The molecule has 1 atom stereocenters. The molecule has 1 heterocycles. The van der Waals surface area contributed by atoms with Crippen LogP contribution in [0.5, 0.6) is 0 Å². The lowest BCUT2D eigenvalue weighted by molar-refractivity contribution is -0.155. The molecule has 2 fully saturated rings. The van der Waals surface area contributed by atoms with Crippen LogP contribution in [0.4, 0.5) is 14.9 Å². The van der Waals surface area contributed by atoms with E-state index in [9.17, 15) is 23.6 Å². The Bertz CT molecular complexity index is 837. The van der Waals surface area contributed by atoms with Crippen LogP contribution in [0.2, 0.25) is 0 Å². The number of urea groups is 1. The van der Waals surface area contributed by atoms with Crippen molar-refractivity contribution in [3.05, 3.63) is 30.1 Å². The van der Waals surface area contributed by atoms with Crippen LogP contribution in [0.3, 0.4) is 0 Å². The fraction of sp³-hybridized carbons (Fsp3) is 0.500. The predicted molar refractivity (Wildman–Crippen MR) is 101 cm³/mol. The van der Waals surface area contributed by atoms with Crippen LogP contribution in [-0.4, -0.2) is 58.8 Å². The van der Waals surface area contributed by atoms with E-state index in [4.69, 9.17) is 4.74 Å². The van der Waals surface area contributed by atoms with Crippen molar-refractivity contribution in [1.29, 1.82) is 0 Å². The third kappa shape index (κ3) is 4.08. The number of hydrogen-bond acceptors (Lipinski definition) is 5. The van der Waals surface area contributed by atoms with Crippen LogP contribution in [0.1, 0.15) is 39.0 Å². The van der Waals surface area contributed by atoms with Gasteiger partial charge in [-0.15, -0.1) is 0 Å². The summed E-state index contributed by atoms with van der Waals surface area (Å²) in [4.78, 5) is 52.1. The van der Waals surface area contributed by atoms with E-state index >= 15 is 0 Å². The smallest absolute Gasteiger partial charge is 0.327 e. The molecule has 156 valence electrons. The van der Waals surface area contributed by atoms with Crippen LogP contribution < -0.4 is 5.32 Å². The molecular weight excluding hydrogens is 381 g/mol. The van der Waals surface area contributed by atoms with Gasteiger partial charge in [-0.1, -0.05) is 25.3 Å². The number of carbonyl (C=O) groups is 4. The lowest BCUT2D eigenvalue weighted by Gasteiger charge is -2.35. The number of hydrogen-bond donors (Lipinski definition) is 1. The Hall–Kier alpha value is -2.97. The molecule has 4 amide bonds. The zero-order chi connectivity index (χ0) is 21.2. The first-order valence-corrected chi connectivity index (χ1v) is 9.60. The Labute approximate surface area is 168 Å². The van der Waals surface area contributed by atoms with Gasteiger partial charge in [-0.2, -0.15) is 0 Å². The van der Waals surface area contributed by atoms with E-state index in [-0.39, 0.29) is 5.69 Å². The van der Waals surface area contributed by atoms with Gasteiger partial charge in [0.25, 0.3) is 11.8 Å². The van der Waals surface area contributed by atoms with E-state index < -0.39 is 47.8 Å². The number of esters is 1. The number of imide groups is 1. The summed E-state index contributed by atoms with van der Waals surface area (Å²) in [5.41, 5.74) is -0.653. The SMILES string of the molecule is C[C@@H](OC(=O)CN1C(=O)N(C)C2(CCCCC2)C1=O)C(=O)Nc1cccc(F)c1. The van der Waals surface area contributed by atoms with Crippen LogP contribution in [-0.2, 0) is 19.1 Å². The van der Waals surface area contributed by atoms with Gasteiger partial charge in [0, 0.05) is 12.7 Å². The maximum absolute atomic E-state index is 13.2. The summed E-state index contributed by atoms with van der Waals surface area (Å²) in [6, 6.07) is 4.76. The molecule has 3 rings (SSSR count). The molecule has 8 nitrogen and oxygen atoms in total. The molecule has 1 spiro atoms. The van der Waals surface area contributed by atoms with E-state index in [1.807, 2.05) is 0 Å². The van der Waals surface area contributed by atoms with Gasteiger partial charge in [0.05, 0.1) is 0 Å². The first-order valence-electron chi connectivity index (χ1n) is 9.60. The maximum atomic E-state index is 13.2. The van der Waals surface area contributed by atoms with E-state index in [1.165, 1.54) is 30.0 Å². The summed E-state index contributed by atoms with van der Waals surface area (Å²) in [5, 5.41) is 2.44. The Kier molecular flexibility index (Phi) is 5.86. The number of anilines is 1. The van der Waals surface area contributed by atoms with Crippen LogP contribution >= 0.6 is 0 Å². The minimum absolute atomic E-state index is 0.226. The molecule has 1 N–H and O–H groups in total. The number of likely N-dealkylation sites (N-methyl/N-ethyl adjacent to an activating group) is 1. The molecule has 1 aliphatic carbocycles. The molecule has 1 aromatic carbocycles. The summed E-state index contributed by atoms with van der Waals surface area (Å²) in [5.74, 6) is -2.42. The number of ether oxygens (including phenoxy) is 1. The van der Waals surface area contributed by atoms with Gasteiger partial charge in [0.15, 0.2) is 6.10 Å². The fourth-order valence-corrected chi connectivity index (χ4v) is 3.90. The van der Waals surface area contributed by atoms with Gasteiger partial charge in [-0.3, -0.25) is 19.3 Å². The molecule has 2 aliphatic rings. The highest BCUT2D eigenvalue weighted by Gasteiger charge is 2.56. The molecule has 0 aromatic heterocycles. The maximum Gasteiger partial charge on any atom is 0.327 e. The second-order valence-corrected chi connectivity index (χ2v) is 7.46. The van der Waals surface area contributed by atoms with E-state index in [0.717, 1.165) is 30.2 Å². The van der Waals surface area contributed by atoms with E-state index in [2.05, 4.69) is 5.32 Å². The van der Waals surface area contributed by atoms with Crippen molar-refractivity contribution in [3.8, 4) is 0 Å². The minimum Gasteiger partial charge on any atom is -0.451 e. The highest BCUT2D eigenvalue weighted by atomic mass is 19.1. The Morgan fingerprint density at radius 3 is 2.59 bits per heavy atom. The molecule has 0 bridgehead atoms. The predicted octanol–water partition coefficient (Wildman–Crippen LogP) is 2.29. The molecule has 1 saturated carbocycles. The fourth-order valence-electron chi connectivity index (χ4n) is 3.90. The van der Waals surface area contributed by atoms with Crippen LogP contribution in [0.15, 0.2) is 24.3 Å². The van der Waals surface area contributed by atoms with Crippen molar-refractivity contribution >= 4 is 29.5 Å². The number of carbonyl (C=O) groups excluding carboxylic acids is 4. The number of halogens is 1. The van der Waals surface area contributed by atoms with Gasteiger partial charge >= 0.3 is 12.0 Å². The average molecular weight is 405 g/mol. The van der Waals surface area contributed by atoms with Gasteiger partial charge < -0.3 is 15.0 Å². The standard InChI is InChI=1S/C20H24FN3O5/c1-13(17(26)22-15-8-6-7-14(21)11-15)29-16(25)12-24-18(27)20(23(2)19(24)28)9-4-3-5-10-20/h6-8,11,13H,3-5,9-10,12H2,1-2H3,(H,22,26)/t13-/m1/s1. The molecule has 1 aromatic rings. The highest BCUT2D eigenvalue weighted by Crippen LogP contribution is 2.39. The third-order valence-corrected chi connectivity index (χ3v) is 5.54. The molecule has 0 radical (unpaired) electrons. The summed E-state index contributed by atoms with van der Waals surface area (Å²) < 4.78 is 18.3. The summed E-state index contributed by atoms with van der Waals surface area (Å²) >= 11 is 0. The lowest BCUT2D eigenvalue weighted by atomic mass is 9.81. The van der Waals surface area contributed by atoms with E-state index in [0.29, 0.717) is 12.8 Å². The lowest BCUT2D eigenvalue weighted by Crippen LogP contribution is -2.49. The Morgan fingerprint density at radius 2 is 1.93 bits per heavy atom. The second-order valence-electron chi connectivity index (χ2n) is 7.46. The quantitative estimate of drug-likeness (QED) is 0.599. The minimum atomic E-state index is -1.18. The van der Waals surface area contributed by atoms with Gasteiger partial charge in [-0.05, 0) is 38.0 Å². The second kappa shape index (κ2) is 8.18. The zero-order valence-electron chi connectivity index (χ0n) is 16.4. The van der Waals surface area contributed by atoms with Gasteiger partial charge in [-0.25, -0.2) is 9.18 Å². The average Bonchev–Trinajstić information content (AvgIpc) is 2.85. The Morgan fingerprint density at radius 1 is 1.24 bits per heavy atom. The zero-order valence-corrected chi connectivity index (χ0v) is 16.4. The topological polar surface area (TPSA) is 96.0 Å². The monoisotopic (exact) mass is 405 g/mol. The molecule has 9 heteroatoms. The van der Waals surface area contributed by atoms with Crippen LogP contribution in [0.25, 0.3) is 0 Å². The van der Waals surface area contributed by atoms with E-state index in [1.54, 1.807) is 7.05 Å². The number of nitrogens with zero attached hydrogens (tertiary/aromatic N) is 2. The van der Waals surface area contributed by atoms with Crippen molar-refractivity contribution in [2.24, 2.45) is 0 Å². The third-order valence-electron chi connectivity index (χ3n) is 5.54. The van der Waals surface area contributed by atoms with Crippen molar-refractivity contribution in [2.75, 3.05) is 18.9 Å². The molecule has 29 heavy (non-hydrogen) atoms. The molecular formula is C20H24FN3O5. The van der Waals surface area contributed by atoms with Crippen molar-refractivity contribution in [2.45, 2.75) is 50.7 Å². The molecule has 1 saturated heterocycles. The molecule has 0 unspecified atom stereocenters. The van der Waals surface area contributed by atoms with Crippen molar-refractivity contribution < 1.29 is 28.3 Å². The first kappa shape index (κ1) is 20.8. The summed E-state index contributed by atoms with van der Waals surface area (Å²) in [6.07, 6.45) is 2.67. The van der Waals surface area contributed by atoms with Crippen molar-refractivity contribution in [3.63, 3.8) is 0 Å². The molecule has 1 aliphatic heterocycles. The van der Waals surface area contributed by atoms with Gasteiger partial charge in [0.1, 0.15) is 17.9 Å². The largest absolute Gasteiger partial charge is 0.451 e. The van der Waals surface area contributed by atoms with Crippen molar-refractivity contribution in [1.82, 2.24) is 9.80 Å². The highest BCUT2D eigenvalue weighted by molar-refractivity contribution is 6.08. The number of benzene rings is 1. The normalized spacial score (nSPS) is 19.4. The number of nitrogens with one attached hydrogen (secondary N) is 1. The number of amides is 4. The summed E-state index contributed by atoms with van der Waals surface area (Å²) in [6.45, 7) is 0.802. The van der Waals surface area contributed by atoms with Crippen LogP contribution in [0, 0.1) is 5.82 Å².